The quantitative estimate of drug-likeness (QED) is 0.642. The van der Waals surface area contributed by atoms with Gasteiger partial charge in [-0.3, -0.25) is 4.79 Å². The van der Waals surface area contributed by atoms with Gasteiger partial charge >= 0.3 is 5.97 Å². The maximum absolute atomic E-state index is 10.6. The lowest BCUT2D eigenvalue weighted by Crippen LogP contribution is -2.16. The van der Waals surface area contributed by atoms with E-state index in [2.05, 4.69) is 0 Å². The number of alkyl halides is 1. The molecule has 0 radical (unpaired) electrons. The van der Waals surface area contributed by atoms with Crippen molar-refractivity contribution in [1.82, 2.24) is 0 Å². The van der Waals surface area contributed by atoms with Crippen LogP contribution in [0.4, 0.5) is 0 Å². The van der Waals surface area contributed by atoms with E-state index in [9.17, 15) is 4.79 Å². The van der Waals surface area contributed by atoms with Crippen LogP contribution in [-0.2, 0) is 4.79 Å². The fourth-order valence-corrected chi connectivity index (χ4v) is 1.83. The van der Waals surface area contributed by atoms with Gasteiger partial charge in [0.1, 0.15) is 0 Å². The van der Waals surface area contributed by atoms with Crippen molar-refractivity contribution in [3.05, 3.63) is 0 Å². The summed E-state index contributed by atoms with van der Waals surface area (Å²) in [6.45, 7) is 1.90. The lowest BCUT2D eigenvalue weighted by Gasteiger charge is -2.05. The zero-order chi connectivity index (χ0) is 7.78. The van der Waals surface area contributed by atoms with Crippen LogP contribution in [0.1, 0.15) is 19.8 Å². The van der Waals surface area contributed by atoms with Crippen molar-refractivity contribution in [2.24, 2.45) is 11.3 Å². The molecule has 3 heteroatoms. The summed E-state index contributed by atoms with van der Waals surface area (Å²) in [7, 11) is 0. The normalized spacial score (nSPS) is 37.6. The predicted molar refractivity (Wildman–Crippen MR) is 39.2 cm³/mol. The molecule has 10 heavy (non-hydrogen) atoms. The molecule has 0 aromatic rings. The summed E-state index contributed by atoms with van der Waals surface area (Å²) in [5, 5.41) is 8.75. The monoisotopic (exact) mass is 162 g/mol. The number of aliphatic carboxylic acids is 1. The van der Waals surface area contributed by atoms with Crippen LogP contribution in [0.2, 0.25) is 0 Å². The van der Waals surface area contributed by atoms with Crippen molar-refractivity contribution in [3.63, 3.8) is 0 Å². The topological polar surface area (TPSA) is 37.3 Å². The summed E-state index contributed by atoms with van der Waals surface area (Å²) in [5.41, 5.74) is -0.457. The molecule has 1 aliphatic rings. The highest BCUT2D eigenvalue weighted by Crippen LogP contribution is 2.55. The third-order valence-electron chi connectivity index (χ3n) is 2.48. The van der Waals surface area contributed by atoms with Crippen LogP contribution in [0.5, 0.6) is 0 Å². The minimum Gasteiger partial charge on any atom is -0.481 e. The molecule has 1 rings (SSSR count). The third kappa shape index (κ3) is 0.908. The van der Waals surface area contributed by atoms with Gasteiger partial charge < -0.3 is 5.11 Å². The SMILES string of the molecule is CCC1(C(=O)O)CC1CCl. The van der Waals surface area contributed by atoms with E-state index in [4.69, 9.17) is 16.7 Å². The van der Waals surface area contributed by atoms with E-state index in [1.54, 1.807) is 0 Å². The molecular weight excluding hydrogens is 152 g/mol. The molecule has 0 spiro atoms. The molecule has 58 valence electrons. The molecule has 0 aliphatic heterocycles. The summed E-state index contributed by atoms with van der Waals surface area (Å²) >= 11 is 5.54. The Morgan fingerprint density at radius 3 is 2.60 bits per heavy atom. The van der Waals surface area contributed by atoms with Crippen molar-refractivity contribution in [1.29, 1.82) is 0 Å². The van der Waals surface area contributed by atoms with Gasteiger partial charge in [0.25, 0.3) is 0 Å². The number of carbonyl (C=O) groups is 1. The van der Waals surface area contributed by atoms with Crippen molar-refractivity contribution < 1.29 is 9.90 Å². The lowest BCUT2D eigenvalue weighted by atomic mass is 10.0. The Bertz CT molecular complexity index is 158. The smallest absolute Gasteiger partial charge is 0.309 e. The Morgan fingerprint density at radius 2 is 2.50 bits per heavy atom. The van der Waals surface area contributed by atoms with Crippen molar-refractivity contribution in [2.45, 2.75) is 19.8 Å². The van der Waals surface area contributed by atoms with E-state index < -0.39 is 11.4 Å². The van der Waals surface area contributed by atoms with Gasteiger partial charge in [-0.05, 0) is 18.8 Å². The summed E-state index contributed by atoms with van der Waals surface area (Å²) in [6, 6.07) is 0. The first kappa shape index (κ1) is 7.86. The molecule has 1 fully saturated rings. The Hall–Kier alpha value is -0.240. The molecule has 0 saturated heterocycles. The maximum Gasteiger partial charge on any atom is 0.309 e. The second kappa shape index (κ2) is 2.42. The van der Waals surface area contributed by atoms with Crippen LogP contribution >= 0.6 is 11.6 Å². The van der Waals surface area contributed by atoms with Gasteiger partial charge in [-0.25, -0.2) is 0 Å². The van der Waals surface area contributed by atoms with Gasteiger partial charge in [-0.2, -0.15) is 0 Å². The van der Waals surface area contributed by atoms with Crippen molar-refractivity contribution in [3.8, 4) is 0 Å². The average Bonchev–Trinajstić information content (AvgIpc) is 2.62. The highest BCUT2D eigenvalue weighted by atomic mass is 35.5. The fraction of sp³-hybridized carbons (Fsp3) is 0.857. The zero-order valence-electron chi connectivity index (χ0n) is 5.93. The van der Waals surface area contributed by atoms with E-state index in [1.807, 2.05) is 6.92 Å². The van der Waals surface area contributed by atoms with Crippen LogP contribution in [0.15, 0.2) is 0 Å². The van der Waals surface area contributed by atoms with Gasteiger partial charge in [0.2, 0.25) is 0 Å². The highest BCUT2D eigenvalue weighted by molar-refractivity contribution is 6.18. The van der Waals surface area contributed by atoms with Gasteiger partial charge in [0.15, 0.2) is 0 Å². The van der Waals surface area contributed by atoms with E-state index in [1.165, 1.54) is 0 Å². The molecule has 1 N–H and O–H groups in total. The van der Waals surface area contributed by atoms with E-state index in [0.717, 1.165) is 6.42 Å². The van der Waals surface area contributed by atoms with Crippen LogP contribution in [0.25, 0.3) is 0 Å². The minimum absolute atomic E-state index is 0.219. The number of hydrogen-bond acceptors (Lipinski definition) is 1. The molecule has 2 nitrogen and oxygen atoms in total. The standard InChI is InChI=1S/C7H11ClO2/c1-2-7(6(9)10)3-5(7)4-8/h5H,2-4H2,1H3,(H,9,10). The number of halogens is 1. The fourth-order valence-electron chi connectivity index (χ4n) is 1.43. The molecule has 1 saturated carbocycles. The molecule has 1 aliphatic carbocycles. The molecule has 0 aromatic heterocycles. The van der Waals surface area contributed by atoms with Crippen LogP contribution in [0, 0.1) is 11.3 Å². The Balaban J connectivity index is 2.59. The van der Waals surface area contributed by atoms with Crippen molar-refractivity contribution in [2.75, 3.05) is 5.88 Å². The first-order chi connectivity index (χ1) is 4.67. The van der Waals surface area contributed by atoms with Gasteiger partial charge in [0.05, 0.1) is 5.41 Å². The number of rotatable bonds is 3. The molecule has 0 heterocycles. The van der Waals surface area contributed by atoms with Crippen molar-refractivity contribution >= 4 is 17.6 Å². The predicted octanol–water partition coefficient (Wildman–Crippen LogP) is 1.73. The number of carboxylic acid groups (broad SMARTS) is 1. The molecule has 0 aromatic carbocycles. The van der Waals surface area contributed by atoms with E-state index >= 15 is 0 Å². The third-order valence-corrected chi connectivity index (χ3v) is 2.85. The summed E-state index contributed by atoms with van der Waals surface area (Å²) in [5.74, 6) is 0.0254. The molecule has 0 amide bonds. The second-order valence-corrected chi connectivity index (χ2v) is 3.18. The largest absolute Gasteiger partial charge is 0.481 e. The summed E-state index contributed by atoms with van der Waals surface area (Å²) < 4.78 is 0. The second-order valence-electron chi connectivity index (χ2n) is 2.87. The highest BCUT2D eigenvalue weighted by Gasteiger charge is 2.58. The average molecular weight is 163 g/mol. The van der Waals surface area contributed by atoms with Gasteiger partial charge in [-0.15, -0.1) is 11.6 Å². The van der Waals surface area contributed by atoms with Crippen LogP contribution < -0.4 is 0 Å². The van der Waals surface area contributed by atoms with E-state index in [-0.39, 0.29) is 5.92 Å². The zero-order valence-corrected chi connectivity index (χ0v) is 6.69. The number of carboxylic acids is 1. The lowest BCUT2D eigenvalue weighted by molar-refractivity contribution is -0.144. The summed E-state index contributed by atoms with van der Waals surface area (Å²) in [6.07, 6.45) is 1.47. The molecule has 2 atom stereocenters. The van der Waals surface area contributed by atoms with Gasteiger partial charge in [-0.1, -0.05) is 6.92 Å². The Kier molecular flexibility index (Phi) is 1.90. The van der Waals surface area contributed by atoms with Gasteiger partial charge in [0, 0.05) is 5.88 Å². The maximum atomic E-state index is 10.6. The Morgan fingerprint density at radius 1 is 1.90 bits per heavy atom. The molecular formula is C7H11ClO2. The number of hydrogen-bond donors (Lipinski definition) is 1. The molecule has 2 unspecified atom stereocenters. The Labute approximate surface area is 65.2 Å². The van der Waals surface area contributed by atoms with Crippen LogP contribution in [-0.4, -0.2) is 17.0 Å². The molecule has 0 bridgehead atoms. The summed E-state index contributed by atoms with van der Waals surface area (Å²) in [4.78, 5) is 10.6. The van der Waals surface area contributed by atoms with E-state index in [0.29, 0.717) is 12.3 Å². The first-order valence-corrected chi connectivity index (χ1v) is 4.00. The van der Waals surface area contributed by atoms with Crippen LogP contribution in [0.3, 0.4) is 0 Å². The minimum atomic E-state index is -0.680. The first-order valence-electron chi connectivity index (χ1n) is 3.46.